The first-order valence-corrected chi connectivity index (χ1v) is 5.84. The molecule has 1 aromatic heterocycles. The van der Waals surface area contributed by atoms with Gasteiger partial charge in [-0.15, -0.1) is 0 Å². The fourth-order valence-corrected chi connectivity index (χ4v) is 1.80. The number of carbonyl (C=O) groups excluding carboxylic acids is 1. The van der Waals surface area contributed by atoms with Crippen LogP contribution in [0.15, 0.2) is 24.4 Å². The molecule has 0 unspecified atom stereocenters. The Balaban J connectivity index is 0.000000686. The fourth-order valence-electron chi connectivity index (χ4n) is 1.80. The van der Waals surface area contributed by atoms with Gasteiger partial charge in [0, 0.05) is 23.5 Å². The summed E-state index contributed by atoms with van der Waals surface area (Å²) in [6, 6.07) is 5.80. The van der Waals surface area contributed by atoms with Crippen molar-refractivity contribution in [1.29, 1.82) is 0 Å². The van der Waals surface area contributed by atoms with Crippen molar-refractivity contribution in [2.75, 3.05) is 7.11 Å². The van der Waals surface area contributed by atoms with Crippen molar-refractivity contribution in [2.24, 2.45) is 0 Å². The SMILES string of the molecule is CC.COc1cccc2[nH]cc(CC(C)=O)c12. The van der Waals surface area contributed by atoms with Gasteiger partial charge in [-0.2, -0.15) is 0 Å². The third-order valence-electron chi connectivity index (χ3n) is 2.41. The molecule has 0 fully saturated rings. The lowest BCUT2D eigenvalue weighted by molar-refractivity contribution is -0.116. The van der Waals surface area contributed by atoms with Gasteiger partial charge in [-0.3, -0.25) is 4.79 Å². The number of aromatic nitrogens is 1. The van der Waals surface area contributed by atoms with Crippen LogP contribution in [0.4, 0.5) is 0 Å². The van der Waals surface area contributed by atoms with Gasteiger partial charge in [-0.1, -0.05) is 19.9 Å². The highest BCUT2D eigenvalue weighted by Gasteiger charge is 2.09. The van der Waals surface area contributed by atoms with E-state index in [-0.39, 0.29) is 5.78 Å². The summed E-state index contributed by atoms with van der Waals surface area (Å²) in [4.78, 5) is 14.2. The van der Waals surface area contributed by atoms with Crippen molar-refractivity contribution in [2.45, 2.75) is 27.2 Å². The average Bonchev–Trinajstić information content (AvgIpc) is 2.74. The summed E-state index contributed by atoms with van der Waals surface area (Å²) in [5.74, 6) is 0.965. The highest BCUT2D eigenvalue weighted by atomic mass is 16.5. The summed E-state index contributed by atoms with van der Waals surface area (Å²) in [6.45, 7) is 5.59. The molecule has 1 aromatic carbocycles. The van der Waals surface area contributed by atoms with Gasteiger partial charge in [-0.25, -0.2) is 0 Å². The topological polar surface area (TPSA) is 42.1 Å². The second-order valence-electron chi connectivity index (χ2n) is 3.58. The Hall–Kier alpha value is -1.77. The van der Waals surface area contributed by atoms with Crippen LogP contribution in [0.25, 0.3) is 10.9 Å². The molecule has 0 atom stereocenters. The Kier molecular flexibility index (Phi) is 4.76. The first-order chi connectivity index (χ1) is 8.22. The number of Topliss-reactive ketones (excluding diaryl/α,β-unsaturated/α-hetero) is 1. The maximum atomic E-state index is 11.1. The van der Waals surface area contributed by atoms with Gasteiger partial charge >= 0.3 is 0 Å². The zero-order chi connectivity index (χ0) is 12.8. The fraction of sp³-hybridized carbons (Fsp3) is 0.357. The summed E-state index contributed by atoms with van der Waals surface area (Å²) < 4.78 is 5.28. The van der Waals surface area contributed by atoms with Crippen molar-refractivity contribution in [3.05, 3.63) is 30.0 Å². The number of aromatic amines is 1. The molecule has 92 valence electrons. The average molecular weight is 233 g/mol. The van der Waals surface area contributed by atoms with Crippen LogP contribution in [-0.4, -0.2) is 17.9 Å². The molecule has 0 saturated carbocycles. The quantitative estimate of drug-likeness (QED) is 0.883. The Morgan fingerprint density at radius 2 is 2.06 bits per heavy atom. The summed E-state index contributed by atoms with van der Waals surface area (Å²) in [7, 11) is 1.64. The number of hydrogen-bond acceptors (Lipinski definition) is 2. The van der Waals surface area contributed by atoms with Crippen LogP contribution in [0, 0.1) is 0 Å². The molecule has 0 saturated heterocycles. The molecule has 0 aliphatic heterocycles. The van der Waals surface area contributed by atoms with Gasteiger partial charge in [0.15, 0.2) is 0 Å². The van der Waals surface area contributed by atoms with Gasteiger partial charge in [-0.05, 0) is 24.6 Å². The molecule has 0 aliphatic carbocycles. The van der Waals surface area contributed by atoms with Gasteiger partial charge in [0.1, 0.15) is 11.5 Å². The number of ketones is 1. The smallest absolute Gasteiger partial charge is 0.134 e. The molecule has 2 aromatic rings. The lowest BCUT2D eigenvalue weighted by Crippen LogP contribution is -1.95. The van der Waals surface area contributed by atoms with Crippen LogP contribution in [-0.2, 0) is 11.2 Å². The standard InChI is InChI=1S/C12H13NO2.C2H6/c1-8(14)6-9-7-13-10-4-3-5-11(15-2)12(9)10;1-2/h3-5,7,13H,6H2,1-2H3;1-2H3. The molecular weight excluding hydrogens is 214 g/mol. The maximum absolute atomic E-state index is 11.1. The van der Waals surface area contributed by atoms with E-state index in [0.717, 1.165) is 22.2 Å². The molecule has 17 heavy (non-hydrogen) atoms. The second-order valence-corrected chi connectivity index (χ2v) is 3.58. The highest BCUT2D eigenvalue weighted by Crippen LogP contribution is 2.28. The highest BCUT2D eigenvalue weighted by molar-refractivity contribution is 5.93. The van der Waals surface area contributed by atoms with Crippen LogP contribution < -0.4 is 4.74 Å². The minimum atomic E-state index is 0.154. The van der Waals surface area contributed by atoms with Crippen LogP contribution in [0.5, 0.6) is 5.75 Å². The van der Waals surface area contributed by atoms with E-state index in [4.69, 9.17) is 4.74 Å². The molecule has 0 spiro atoms. The Bertz CT molecular complexity index is 500. The number of H-pyrrole nitrogens is 1. The molecule has 0 bridgehead atoms. The third kappa shape index (κ3) is 2.87. The molecule has 1 N–H and O–H groups in total. The zero-order valence-electron chi connectivity index (χ0n) is 10.8. The van der Waals surface area contributed by atoms with Crippen molar-refractivity contribution in [1.82, 2.24) is 4.98 Å². The van der Waals surface area contributed by atoms with Crippen LogP contribution >= 0.6 is 0 Å². The number of benzene rings is 1. The summed E-state index contributed by atoms with van der Waals surface area (Å²) >= 11 is 0. The monoisotopic (exact) mass is 233 g/mol. The first-order valence-electron chi connectivity index (χ1n) is 5.84. The van der Waals surface area contributed by atoms with Gasteiger partial charge in [0.25, 0.3) is 0 Å². The Labute approximate surface area is 102 Å². The van der Waals surface area contributed by atoms with Crippen molar-refractivity contribution < 1.29 is 9.53 Å². The van der Waals surface area contributed by atoms with Crippen LogP contribution in [0.2, 0.25) is 0 Å². The predicted molar refractivity (Wildman–Crippen MR) is 70.6 cm³/mol. The Morgan fingerprint density at radius 3 is 2.65 bits per heavy atom. The number of ether oxygens (including phenoxy) is 1. The van der Waals surface area contributed by atoms with E-state index >= 15 is 0 Å². The lowest BCUT2D eigenvalue weighted by Gasteiger charge is -2.03. The number of fused-ring (bicyclic) bond motifs is 1. The predicted octanol–water partition coefficient (Wildman–Crippen LogP) is 3.33. The molecule has 0 radical (unpaired) electrons. The molecule has 3 heteroatoms. The Morgan fingerprint density at radius 1 is 1.35 bits per heavy atom. The van der Waals surface area contributed by atoms with E-state index in [1.807, 2.05) is 38.2 Å². The number of hydrogen-bond donors (Lipinski definition) is 1. The van der Waals surface area contributed by atoms with Gasteiger partial charge < -0.3 is 9.72 Å². The van der Waals surface area contributed by atoms with E-state index in [0.29, 0.717) is 6.42 Å². The van der Waals surface area contributed by atoms with Crippen molar-refractivity contribution >= 4 is 16.7 Å². The van der Waals surface area contributed by atoms with E-state index in [1.165, 1.54) is 0 Å². The molecule has 0 amide bonds. The van der Waals surface area contributed by atoms with E-state index in [1.54, 1.807) is 14.0 Å². The zero-order valence-corrected chi connectivity index (χ0v) is 10.8. The first kappa shape index (κ1) is 13.3. The van der Waals surface area contributed by atoms with Crippen molar-refractivity contribution in [3.63, 3.8) is 0 Å². The molecule has 0 aliphatic rings. The number of nitrogens with one attached hydrogen (secondary N) is 1. The molecule has 3 nitrogen and oxygen atoms in total. The number of rotatable bonds is 3. The maximum Gasteiger partial charge on any atom is 0.134 e. The summed E-state index contributed by atoms with van der Waals surface area (Å²) in [5, 5.41) is 1.01. The van der Waals surface area contributed by atoms with Gasteiger partial charge in [0.2, 0.25) is 0 Å². The van der Waals surface area contributed by atoms with Gasteiger partial charge in [0.05, 0.1) is 7.11 Å². The van der Waals surface area contributed by atoms with Crippen LogP contribution in [0.1, 0.15) is 26.3 Å². The number of carbonyl (C=O) groups is 1. The molecule has 1 heterocycles. The lowest BCUT2D eigenvalue weighted by atomic mass is 10.1. The summed E-state index contributed by atoms with van der Waals surface area (Å²) in [6.07, 6.45) is 2.31. The van der Waals surface area contributed by atoms with E-state index in [2.05, 4.69) is 4.98 Å². The summed E-state index contributed by atoms with van der Waals surface area (Å²) in [5.41, 5.74) is 2.00. The second kappa shape index (κ2) is 6.09. The molecule has 2 rings (SSSR count). The van der Waals surface area contributed by atoms with E-state index < -0.39 is 0 Å². The third-order valence-corrected chi connectivity index (χ3v) is 2.41. The normalized spacial score (nSPS) is 9.65. The minimum Gasteiger partial charge on any atom is -0.496 e. The van der Waals surface area contributed by atoms with Crippen molar-refractivity contribution in [3.8, 4) is 5.75 Å². The minimum absolute atomic E-state index is 0.154. The van der Waals surface area contributed by atoms with E-state index in [9.17, 15) is 4.79 Å². The van der Waals surface area contributed by atoms with Crippen LogP contribution in [0.3, 0.4) is 0 Å². The number of methoxy groups -OCH3 is 1. The molecular formula is C14H19NO2. The largest absolute Gasteiger partial charge is 0.496 e.